The topological polar surface area (TPSA) is 43.6 Å². The molecule has 12 rings (SSSR count). The number of nitrogens with zero attached hydrogens (tertiary/aromatic N) is 4. The fraction of sp³-hybridized carbons (Fsp3) is 0. The molecule has 260 valence electrons. The Morgan fingerprint density at radius 2 is 1.00 bits per heavy atom. The second-order valence-corrected chi connectivity index (χ2v) is 15.4. The Hall–Kier alpha value is -7.21. The molecule has 0 N–H and O–H groups in total. The van der Waals surface area contributed by atoms with Gasteiger partial charge in [-0.2, -0.15) is 0 Å². The summed E-state index contributed by atoms with van der Waals surface area (Å²) >= 11 is 1.89. The van der Waals surface area contributed by atoms with E-state index in [0.29, 0.717) is 17.5 Å². The van der Waals surface area contributed by atoms with Crippen LogP contribution in [0.3, 0.4) is 0 Å². The molecule has 0 unspecified atom stereocenters. The summed E-state index contributed by atoms with van der Waals surface area (Å²) in [4.78, 5) is 15.5. The molecule has 3 heterocycles. The molecule has 0 amide bonds. The van der Waals surface area contributed by atoms with E-state index in [4.69, 9.17) is 15.0 Å². The zero-order chi connectivity index (χ0) is 36.7. The molecule has 0 bridgehead atoms. The molecular formula is C51H30N4S. The maximum Gasteiger partial charge on any atom is 0.164 e. The van der Waals surface area contributed by atoms with E-state index in [1.54, 1.807) is 0 Å². The van der Waals surface area contributed by atoms with Crippen LogP contribution in [0.5, 0.6) is 0 Å². The van der Waals surface area contributed by atoms with Crippen LogP contribution >= 0.6 is 11.3 Å². The van der Waals surface area contributed by atoms with Gasteiger partial charge in [-0.15, -0.1) is 11.3 Å². The van der Waals surface area contributed by atoms with Crippen molar-refractivity contribution < 1.29 is 0 Å². The number of hydrogen-bond donors (Lipinski definition) is 0. The molecule has 0 aliphatic rings. The molecule has 0 aliphatic carbocycles. The van der Waals surface area contributed by atoms with E-state index in [1.807, 2.05) is 29.5 Å². The zero-order valence-electron chi connectivity index (χ0n) is 30.0. The summed E-state index contributed by atoms with van der Waals surface area (Å²) < 4.78 is 5.10. The van der Waals surface area contributed by atoms with Crippen molar-refractivity contribution in [2.75, 3.05) is 0 Å². The zero-order valence-corrected chi connectivity index (χ0v) is 30.8. The normalized spacial score (nSPS) is 11.9. The molecule has 0 spiro atoms. The van der Waals surface area contributed by atoms with Crippen molar-refractivity contribution >= 4 is 85.6 Å². The van der Waals surface area contributed by atoms with Gasteiger partial charge in [0.1, 0.15) is 0 Å². The molecule has 56 heavy (non-hydrogen) atoms. The van der Waals surface area contributed by atoms with Crippen molar-refractivity contribution in [3.8, 4) is 39.9 Å². The summed E-state index contributed by atoms with van der Waals surface area (Å²) in [6.45, 7) is 0. The highest BCUT2D eigenvalue weighted by Gasteiger charge is 2.23. The molecule has 0 radical (unpaired) electrons. The number of thiophene rings is 1. The van der Waals surface area contributed by atoms with E-state index in [-0.39, 0.29) is 0 Å². The molecule has 0 saturated heterocycles. The minimum Gasteiger partial charge on any atom is -0.307 e. The van der Waals surface area contributed by atoms with E-state index in [0.717, 1.165) is 38.5 Å². The highest BCUT2D eigenvalue weighted by Crippen LogP contribution is 2.48. The van der Waals surface area contributed by atoms with Gasteiger partial charge in [-0.1, -0.05) is 152 Å². The monoisotopic (exact) mass is 730 g/mol. The van der Waals surface area contributed by atoms with Gasteiger partial charge in [-0.3, -0.25) is 0 Å². The maximum absolute atomic E-state index is 5.22. The smallest absolute Gasteiger partial charge is 0.164 e. The third-order valence-corrected chi connectivity index (χ3v) is 12.4. The first-order valence-electron chi connectivity index (χ1n) is 18.9. The standard InChI is InChI=1S/C51H30N4S/c1-2-15-32(16-3-1)49-52-50(34-27-26-31-14-4-5-17-33(31)30-34)54-51(53-49)39-28-29-43(36-19-7-6-18-35(36)39)55-42-24-12-10-22-40(42)45-37-20-8-9-21-38(37)46-41-23-11-13-25-44(41)56-48(46)47(45)55/h1-30H. The van der Waals surface area contributed by atoms with Gasteiger partial charge in [0.2, 0.25) is 0 Å². The van der Waals surface area contributed by atoms with Crippen LogP contribution in [0.15, 0.2) is 182 Å². The molecule has 0 aliphatic heterocycles. The Labute approximate surface area is 325 Å². The van der Waals surface area contributed by atoms with Gasteiger partial charge in [0.05, 0.1) is 21.4 Å². The first-order chi connectivity index (χ1) is 27.8. The lowest BCUT2D eigenvalue weighted by atomic mass is 9.99. The Morgan fingerprint density at radius 1 is 0.393 bits per heavy atom. The second kappa shape index (κ2) is 12.2. The molecule has 4 nitrogen and oxygen atoms in total. The summed E-state index contributed by atoms with van der Waals surface area (Å²) in [5.41, 5.74) is 6.41. The van der Waals surface area contributed by atoms with Crippen LogP contribution in [0.25, 0.3) is 114 Å². The minimum absolute atomic E-state index is 0.643. The average Bonchev–Trinajstić information content (AvgIpc) is 3.83. The lowest BCUT2D eigenvalue weighted by Gasteiger charge is -2.16. The van der Waals surface area contributed by atoms with Crippen LogP contribution in [0.2, 0.25) is 0 Å². The van der Waals surface area contributed by atoms with Crippen molar-refractivity contribution in [3.63, 3.8) is 0 Å². The van der Waals surface area contributed by atoms with Crippen molar-refractivity contribution in [2.24, 2.45) is 0 Å². The predicted octanol–water partition coefficient (Wildman–Crippen LogP) is 13.8. The summed E-state index contributed by atoms with van der Waals surface area (Å²) in [6.07, 6.45) is 0. The van der Waals surface area contributed by atoms with E-state index in [2.05, 4.69) is 168 Å². The summed E-state index contributed by atoms with van der Waals surface area (Å²) in [7, 11) is 0. The number of aromatic nitrogens is 4. The number of rotatable bonds is 4. The van der Waals surface area contributed by atoms with Crippen molar-refractivity contribution in [3.05, 3.63) is 182 Å². The molecule has 0 atom stereocenters. The van der Waals surface area contributed by atoms with E-state index >= 15 is 0 Å². The van der Waals surface area contributed by atoms with Crippen molar-refractivity contribution in [1.29, 1.82) is 0 Å². The predicted molar refractivity (Wildman–Crippen MR) is 236 cm³/mol. The highest BCUT2D eigenvalue weighted by atomic mass is 32.1. The van der Waals surface area contributed by atoms with Crippen LogP contribution in [0.4, 0.5) is 0 Å². The van der Waals surface area contributed by atoms with Crippen LogP contribution in [0, 0.1) is 0 Å². The van der Waals surface area contributed by atoms with Gasteiger partial charge in [0.25, 0.3) is 0 Å². The third-order valence-electron chi connectivity index (χ3n) is 11.2. The van der Waals surface area contributed by atoms with Crippen LogP contribution < -0.4 is 0 Å². The van der Waals surface area contributed by atoms with E-state index in [9.17, 15) is 0 Å². The van der Waals surface area contributed by atoms with Gasteiger partial charge in [-0.25, -0.2) is 15.0 Å². The SMILES string of the molecule is c1ccc(-c2nc(-c3ccc4ccccc4c3)nc(-c3ccc(-n4c5ccccc5c5c6ccccc6c6c7ccccc7sc6c54)c4ccccc34)n2)cc1. The first kappa shape index (κ1) is 31.2. The van der Waals surface area contributed by atoms with Gasteiger partial charge in [0.15, 0.2) is 17.5 Å². The Kier molecular flexibility index (Phi) is 6.76. The van der Waals surface area contributed by atoms with Crippen LogP contribution in [-0.4, -0.2) is 19.5 Å². The number of fused-ring (bicyclic) bond motifs is 12. The maximum atomic E-state index is 5.22. The van der Waals surface area contributed by atoms with Gasteiger partial charge >= 0.3 is 0 Å². The summed E-state index contributed by atoms with van der Waals surface area (Å²) in [5, 5.41) is 12.3. The summed E-state index contributed by atoms with van der Waals surface area (Å²) in [5.74, 6) is 1.94. The molecule has 3 aromatic heterocycles. The van der Waals surface area contributed by atoms with Crippen molar-refractivity contribution in [1.82, 2.24) is 19.5 Å². The van der Waals surface area contributed by atoms with Crippen LogP contribution in [-0.2, 0) is 0 Å². The molecular weight excluding hydrogens is 701 g/mol. The third kappa shape index (κ3) is 4.62. The Morgan fingerprint density at radius 3 is 1.82 bits per heavy atom. The lowest BCUT2D eigenvalue weighted by Crippen LogP contribution is -2.02. The fourth-order valence-electron chi connectivity index (χ4n) is 8.72. The largest absolute Gasteiger partial charge is 0.307 e. The minimum atomic E-state index is 0.643. The van der Waals surface area contributed by atoms with Crippen molar-refractivity contribution in [2.45, 2.75) is 0 Å². The fourth-order valence-corrected chi connectivity index (χ4v) is 9.98. The van der Waals surface area contributed by atoms with E-state index in [1.165, 1.54) is 58.1 Å². The Balaban J connectivity index is 1.15. The Bertz CT molecular complexity index is 3540. The molecule has 12 aromatic rings. The highest BCUT2D eigenvalue weighted by molar-refractivity contribution is 7.27. The molecule has 0 saturated carbocycles. The molecule has 5 heteroatoms. The second-order valence-electron chi connectivity index (χ2n) is 14.3. The van der Waals surface area contributed by atoms with Gasteiger partial charge in [0, 0.05) is 48.3 Å². The van der Waals surface area contributed by atoms with Gasteiger partial charge in [-0.05, 0) is 57.3 Å². The van der Waals surface area contributed by atoms with Gasteiger partial charge < -0.3 is 4.57 Å². The number of para-hydroxylation sites is 1. The molecule has 0 fully saturated rings. The number of benzene rings is 9. The van der Waals surface area contributed by atoms with Crippen LogP contribution in [0.1, 0.15) is 0 Å². The van der Waals surface area contributed by atoms with E-state index < -0.39 is 0 Å². The quantitative estimate of drug-likeness (QED) is 0.181. The summed E-state index contributed by atoms with van der Waals surface area (Å²) in [6, 6.07) is 64.8. The average molecular weight is 731 g/mol. The lowest BCUT2D eigenvalue weighted by molar-refractivity contribution is 1.08. The first-order valence-corrected chi connectivity index (χ1v) is 19.7. The molecule has 9 aromatic carbocycles. The number of hydrogen-bond acceptors (Lipinski definition) is 4.